The molecule has 0 aliphatic heterocycles. The molecule has 0 aliphatic carbocycles. The Hall–Kier alpha value is -4.88. The summed E-state index contributed by atoms with van der Waals surface area (Å²) in [6.07, 6.45) is 0.888. The molecule has 0 saturated heterocycles. The van der Waals surface area contributed by atoms with Gasteiger partial charge in [-0.25, -0.2) is 16.8 Å². The first-order valence-corrected chi connectivity index (χ1v) is 18.7. The number of nitro groups is 1. The number of benzene rings is 5. The molecule has 3 N–H and O–H groups in total. The molecule has 0 heterocycles. The van der Waals surface area contributed by atoms with Gasteiger partial charge in [-0.3, -0.25) is 19.4 Å². The zero-order valence-electron chi connectivity index (χ0n) is 23.9. The average Bonchev–Trinajstić information content (AvgIpc) is 3.00. The molecule has 242 valence electrons. The quantitative estimate of drug-likeness (QED) is 0.0615. The fourth-order valence-electron chi connectivity index (χ4n) is 4.35. The smallest absolute Gasteiger partial charge is 0.294 e. The van der Waals surface area contributed by atoms with E-state index in [1.165, 1.54) is 48.5 Å². The van der Waals surface area contributed by atoms with Crippen molar-refractivity contribution in [2.45, 2.75) is 24.5 Å². The van der Waals surface area contributed by atoms with E-state index in [2.05, 4.69) is 15.0 Å². The lowest BCUT2D eigenvalue weighted by molar-refractivity contribution is -0.385. The van der Waals surface area contributed by atoms with Crippen molar-refractivity contribution in [3.05, 3.63) is 107 Å². The van der Waals surface area contributed by atoms with Crippen LogP contribution in [0.5, 0.6) is 5.75 Å². The molecule has 5 aromatic carbocycles. The van der Waals surface area contributed by atoms with Crippen LogP contribution in [-0.2, 0) is 30.0 Å². The highest BCUT2D eigenvalue weighted by Gasteiger charge is 2.20. The predicted octanol–water partition coefficient (Wildman–Crippen LogP) is 6.47. The van der Waals surface area contributed by atoms with Crippen LogP contribution >= 0.6 is 11.8 Å². The van der Waals surface area contributed by atoms with Crippen LogP contribution < -0.4 is 4.72 Å². The summed E-state index contributed by atoms with van der Waals surface area (Å²) in [6, 6.07) is 21.4. The van der Waals surface area contributed by atoms with Crippen molar-refractivity contribution in [2.24, 2.45) is 10.2 Å². The van der Waals surface area contributed by atoms with Crippen molar-refractivity contribution in [2.75, 3.05) is 11.0 Å². The van der Waals surface area contributed by atoms with Gasteiger partial charge in [-0.1, -0.05) is 30.0 Å². The summed E-state index contributed by atoms with van der Waals surface area (Å²) in [5.41, 5.74) is -0.297. The molecule has 0 saturated carbocycles. The molecule has 0 fully saturated rings. The Balaban J connectivity index is 1.50. The highest BCUT2D eigenvalue weighted by Crippen LogP contribution is 2.42. The number of fused-ring (bicyclic) bond motifs is 1. The number of azo groups is 1. The number of hydrogen-bond acceptors (Lipinski definition) is 12. The molecule has 14 nitrogen and oxygen atoms in total. The Morgan fingerprint density at radius 1 is 0.787 bits per heavy atom. The molecule has 0 amide bonds. The summed E-state index contributed by atoms with van der Waals surface area (Å²) < 4.78 is 85.1. The number of nitro benzene ring substituents is 1. The molecule has 47 heavy (non-hydrogen) atoms. The largest absolute Gasteiger partial charge is 0.507 e. The summed E-state index contributed by atoms with van der Waals surface area (Å²) >= 11 is 1.15. The lowest BCUT2D eigenvalue weighted by atomic mass is 10.1. The highest BCUT2D eigenvalue weighted by molar-refractivity contribution is 7.99. The first kappa shape index (κ1) is 33.5. The Morgan fingerprint density at radius 2 is 1.45 bits per heavy atom. The number of rotatable bonds is 10. The fraction of sp³-hybridized carbons (Fsp3) is 0.0345. The number of anilines is 1. The first-order valence-electron chi connectivity index (χ1n) is 13.1. The van der Waals surface area contributed by atoms with Gasteiger partial charge < -0.3 is 5.11 Å². The van der Waals surface area contributed by atoms with Gasteiger partial charge in [0.15, 0.2) is 9.84 Å². The Bertz CT molecular complexity index is 2420. The van der Waals surface area contributed by atoms with Crippen LogP contribution in [0.3, 0.4) is 0 Å². The lowest BCUT2D eigenvalue weighted by Gasteiger charge is -2.12. The molecule has 18 heteroatoms. The van der Waals surface area contributed by atoms with Crippen LogP contribution in [0.15, 0.2) is 132 Å². The third-order valence-corrected chi connectivity index (χ3v) is 10.9. The van der Waals surface area contributed by atoms with E-state index in [0.29, 0.717) is 20.6 Å². The van der Waals surface area contributed by atoms with E-state index in [-0.39, 0.29) is 27.7 Å². The van der Waals surface area contributed by atoms with Crippen LogP contribution in [0.1, 0.15) is 0 Å². The monoisotopic (exact) mass is 714 g/mol. The Morgan fingerprint density at radius 3 is 2.11 bits per heavy atom. The van der Waals surface area contributed by atoms with Crippen molar-refractivity contribution in [3.63, 3.8) is 0 Å². The number of non-ortho nitro benzene ring substituents is 1. The summed E-state index contributed by atoms with van der Waals surface area (Å²) in [4.78, 5) is 10.6. The van der Waals surface area contributed by atoms with Crippen LogP contribution in [0.25, 0.3) is 10.8 Å². The molecule has 0 bridgehead atoms. The van der Waals surface area contributed by atoms with Gasteiger partial charge in [0.05, 0.1) is 20.4 Å². The lowest BCUT2D eigenvalue weighted by Crippen LogP contribution is -2.13. The number of hydrogen-bond donors (Lipinski definition) is 3. The van der Waals surface area contributed by atoms with Crippen molar-refractivity contribution in [1.82, 2.24) is 0 Å². The van der Waals surface area contributed by atoms with E-state index in [0.717, 1.165) is 42.3 Å². The van der Waals surface area contributed by atoms with Gasteiger partial charge in [-0.2, -0.15) is 8.42 Å². The summed E-state index contributed by atoms with van der Waals surface area (Å²) in [5.74, 6) is -0.0888. The minimum Gasteiger partial charge on any atom is -0.507 e. The van der Waals surface area contributed by atoms with Crippen molar-refractivity contribution < 1.29 is 39.8 Å². The van der Waals surface area contributed by atoms with E-state index >= 15 is 0 Å². The maximum absolute atomic E-state index is 13.1. The molecule has 5 aromatic rings. The molecular weight excluding hydrogens is 693 g/mol. The zero-order valence-corrected chi connectivity index (χ0v) is 27.1. The molecule has 5 rings (SSSR count). The number of sulfonamides is 1. The van der Waals surface area contributed by atoms with Gasteiger partial charge in [0, 0.05) is 44.6 Å². The van der Waals surface area contributed by atoms with Crippen LogP contribution in [0, 0.1) is 10.1 Å². The second-order valence-corrected chi connectivity index (χ2v) is 16.0. The highest BCUT2D eigenvalue weighted by atomic mass is 32.2. The second-order valence-electron chi connectivity index (χ2n) is 9.85. The van der Waals surface area contributed by atoms with Crippen LogP contribution in [-0.4, -0.2) is 46.1 Å². The second kappa shape index (κ2) is 12.7. The SMILES string of the molecule is CS(=O)(=O)c1cc([N+](=O)[O-])ccc1N=Nc1ccc(O)c2cccc(Sc3cccc(S(=O)(=O)Nc4ccc(S(=O)(=O)O)cc4)c3)c12. The van der Waals surface area contributed by atoms with Crippen LogP contribution in [0.4, 0.5) is 22.7 Å². The van der Waals surface area contributed by atoms with E-state index < -0.39 is 50.4 Å². The average molecular weight is 715 g/mol. The first-order chi connectivity index (χ1) is 22.0. The van der Waals surface area contributed by atoms with Gasteiger partial charge in [-0.15, -0.1) is 10.2 Å². The van der Waals surface area contributed by atoms with Gasteiger partial charge in [0.1, 0.15) is 16.3 Å². The van der Waals surface area contributed by atoms with Gasteiger partial charge >= 0.3 is 0 Å². The fourth-order valence-corrected chi connectivity index (χ4v) is 7.88. The predicted molar refractivity (Wildman–Crippen MR) is 174 cm³/mol. The molecule has 0 spiro atoms. The molecule has 0 unspecified atom stereocenters. The molecule has 0 aliphatic rings. The summed E-state index contributed by atoms with van der Waals surface area (Å²) in [7, 11) is -12.5. The standard InChI is InChI=1S/C29H22N4O10S4/c1-45(37,38)28-16-19(33(35)36)10-13-24(28)30-31-25-14-15-26(34)23-6-3-7-27(29(23)25)44-20-4-2-5-22(17-20)46(39,40)32-18-8-11-21(12-9-18)47(41,42)43/h2-17,32,34H,1H3,(H,41,42,43). The number of phenolic OH excluding ortho intramolecular Hbond substituents is 1. The molecule has 0 radical (unpaired) electrons. The normalized spacial score (nSPS) is 12.4. The molecule has 0 aromatic heterocycles. The van der Waals surface area contributed by atoms with Crippen molar-refractivity contribution in [1.29, 1.82) is 0 Å². The number of nitrogens with one attached hydrogen (secondary N) is 1. The number of phenols is 1. The van der Waals surface area contributed by atoms with E-state index in [9.17, 15) is 40.5 Å². The summed E-state index contributed by atoms with van der Waals surface area (Å²) in [5, 5.41) is 30.9. The van der Waals surface area contributed by atoms with E-state index in [1.807, 2.05) is 0 Å². The minimum absolute atomic E-state index is 0.0574. The maximum Gasteiger partial charge on any atom is 0.294 e. The van der Waals surface area contributed by atoms with Crippen molar-refractivity contribution >= 4 is 75.3 Å². The third kappa shape index (κ3) is 7.58. The van der Waals surface area contributed by atoms with Crippen molar-refractivity contribution in [3.8, 4) is 5.75 Å². The van der Waals surface area contributed by atoms with Crippen LogP contribution in [0.2, 0.25) is 0 Å². The van der Waals surface area contributed by atoms with Gasteiger partial charge in [-0.05, 0) is 66.7 Å². The van der Waals surface area contributed by atoms with E-state index in [1.54, 1.807) is 24.3 Å². The number of sulfone groups is 1. The van der Waals surface area contributed by atoms with Gasteiger partial charge in [0.25, 0.3) is 25.8 Å². The number of nitrogens with zero attached hydrogens (tertiary/aromatic N) is 3. The minimum atomic E-state index is -4.46. The zero-order chi connectivity index (χ0) is 34.1. The number of aromatic hydroxyl groups is 1. The maximum atomic E-state index is 13.1. The van der Waals surface area contributed by atoms with Gasteiger partial charge in [0.2, 0.25) is 0 Å². The topological polar surface area (TPSA) is 223 Å². The molecule has 0 atom stereocenters. The van der Waals surface area contributed by atoms with E-state index in [4.69, 9.17) is 4.55 Å². The Labute approximate surface area is 272 Å². The Kier molecular flexibility index (Phi) is 9.07. The summed E-state index contributed by atoms with van der Waals surface area (Å²) in [6.45, 7) is 0. The molecular formula is C29H22N4O10S4. The third-order valence-electron chi connectivity index (χ3n) is 6.52.